The summed E-state index contributed by atoms with van der Waals surface area (Å²) >= 11 is 0. The molecule has 0 aromatic heterocycles. The second-order valence-electron chi connectivity index (χ2n) is 12.7. The highest BCUT2D eigenvalue weighted by Gasteiger charge is 2.22. The molecule has 0 unspecified atom stereocenters. The fourth-order valence-corrected chi connectivity index (χ4v) is 5.17. The average molecular weight is 737 g/mol. The number of ether oxygens (including phenoxy) is 2. The van der Waals surface area contributed by atoms with E-state index in [0.717, 1.165) is 77.0 Å². The van der Waals surface area contributed by atoms with Crippen molar-refractivity contribution in [3.05, 3.63) is 72.9 Å². The minimum atomic E-state index is -4.78. The standard InChI is InChI=1S/C41H69O9P/c1-3-5-6-7-8-9-10-11-12-17-20-23-26-29-32-35-41(44)50-39(37-49-51(45,46)47)36-48-40(43)34-31-28-25-22-19-16-14-13-15-18-21-24-27-30-33-38(42)4-2/h9-12,14-16,18,22,24-25,27,38-39,42H,3-8,13,17,19-21,23,26,28-37H2,1-2H3,(H2,45,46,47)/b10-9-,12-11-,16-14-,18-15-,25-22-,27-24-/t38-,39+/m0/s1. The maximum atomic E-state index is 12.4. The van der Waals surface area contributed by atoms with Gasteiger partial charge < -0.3 is 24.4 Å². The van der Waals surface area contributed by atoms with E-state index in [0.29, 0.717) is 19.3 Å². The van der Waals surface area contributed by atoms with Crippen LogP contribution in [-0.2, 0) is 28.2 Å². The van der Waals surface area contributed by atoms with Crippen LogP contribution in [0.2, 0.25) is 0 Å². The van der Waals surface area contributed by atoms with Crippen molar-refractivity contribution in [2.45, 2.75) is 161 Å². The molecule has 0 amide bonds. The average Bonchev–Trinajstić information content (AvgIpc) is 3.10. The lowest BCUT2D eigenvalue weighted by molar-refractivity contribution is -0.161. The molecule has 0 bridgehead atoms. The Kier molecular flexibility index (Phi) is 34.0. The van der Waals surface area contributed by atoms with Gasteiger partial charge in [0.05, 0.1) is 12.7 Å². The minimum absolute atomic E-state index is 0.171. The molecule has 51 heavy (non-hydrogen) atoms. The largest absolute Gasteiger partial charge is 0.469 e. The van der Waals surface area contributed by atoms with Crippen LogP contribution in [0.15, 0.2) is 72.9 Å². The number of phosphoric acid groups is 1. The van der Waals surface area contributed by atoms with Crippen LogP contribution in [0.5, 0.6) is 0 Å². The van der Waals surface area contributed by atoms with Gasteiger partial charge in [0.25, 0.3) is 0 Å². The first kappa shape index (κ1) is 48.5. The molecular formula is C41H69O9P. The summed E-state index contributed by atoms with van der Waals surface area (Å²) in [7, 11) is -4.78. The Morgan fingerprint density at radius 2 is 1.12 bits per heavy atom. The molecule has 0 aliphatic carbocycles. The molecule has 0 aromatic rings. The zero-order valence-corrected chi connectivity index (χ0v) is 32.5. The lowest BCUT2D eigenvalue weighted by atomic mass is 10.1. The normalized spacial score (nSPS) is 13.9. The summed E-state index contributed by atoms with van der Waals surface area (Å²) in [6, 6.07) is 0. The van der Waals surface area contributed by atoms with E-state index in [9.17, 15) is 19.3 Å². The number of unbranched alkanes of at least 4 members (excludes halogenated alkanes) is 10. The highest BCUT2D eigenvalue weighted by molar-refractivity contribution is 7.46. The van der Waals surface area contributed by atoms with Gasteiger partial charge in [-0.1, -0.05) is 125 Å². The monoisotopic (exact) mass is 736 g/mol. The number of carbonyl (C=O) groups excluding carboxylic acids is 2. The van der Waals surface area contributed by atoms with Crippen molar-refractivity contribution in [3.63, 3.8) is 0 Å². The van der Waals surface area contributed by atoms with Gasteiger partial charge in [-0.2, -0.15) is 0 Å². The number of hydrogen-bond donors (Lipinski definition) is 3. The molecule has 0 radical (unpaired) electrons. The molecule has 2 atom stereocenters. The molecule has 0 saturated carbocycles. The van der Waals surface area contributed by atoms with Crippen molar-refractivity contribution in [3.8, 4) is 0 Å². The maximum Gasteiger partial charge on any atom is 0.469 e. The third-order valence-electron chi connectivity index (χ3n) is 7.89. The number of carbonyl (C=O) groups is 2. The summed E-state index contributed by atoms with van der Waals surface area (Å²) < 4.78 is 26.2. The molecule has 3 N–H and O–H groups in total. The Morgan fingerprint density at radius 1 is 0.608 bits per heavy atom. The molecule has 0 aromatic carbocycles. The third-order valence-corrected chi connectivity index (χ3v) is 8.37. The van der Waals surface area contributed by atoms with Gasteiger partial charge >= 0.3 is 19.8 Å². The van der Waals surface area contributed by atoms with E-state index in [1.165, 1.54) is 25.7 Å². The summed E-state index contributed by atoms with van der Waals surface area (Å²) in [5.74, 6) is -0.994. The summed E-state index contributed by atoms with van der Waals surface area (Å²) in [5.41, 5.74) is 0. The van der Waals surface area contributed by atoms with Gasteiger partial charge in [0.15, 0.2) is 6.10 Å². The van der Waals surface area contributed by atoms with Crippen LogP contribution in [0.4, 0.5) is 0 Å². The Labute approximate surface area is 309 Å². The quantitative estimate of drug-likeness (QED) is 0.0194. The first-order valence-corrected chi connectivity index (χ1v) is 20.9. The second-order valence-corrected chi connectivity index (χ2v) is 14.0. The molecule has 0 heterocycles. The first-order chi connectivity index (χ1) is 24.7. The summed E-state index contributed by atoms with van der Waals surface area (Å²) in [6.45, 7) is 3.30. The van der Waals surface area contributed by atoms with Crippen LogP contribution in [0, 0.1) is 0 Å². The predicted octanol–water partition coefficient (Wildman–Crippen LogP) is 10.5. The number of aliphatic hydroxyl groups is 1. The topological polar surface area (TPSA) is 140 Å². The van der Waals surface area contributed by atoms with Crippen LogP contribution in [0.25, 0.3) is 0 Å². The molecule has 0 spiro atoms. The maximum absolute atomic E-state index is 12.4. The van der Waals surface area contributed by atoms with E-state index in [2.05, 4.69) is 72.2 Å². The molecule has 0 rings (SSSR count). The van der Waals surface area contributed by atoms with Crippen molar-refractivity contribution >= 4 is 19.8 Å². The number of rotatable bonds is 34. The number of phosphoric ester groups is 1. The SMILES string of the molecule is CCCCCC/C=C\C=C/CCCCCCCC(=O)O[C@H](COC(=O)CCC/C=C\C/C=C\C/C=C\C/C=C\CC[C@@H](O)CC)COP(=O)(O)O. The summed E-state index contributed by atoms with van der Waals surface area (Å²) in [4.78, 5) is 42.7. The van der Waals surface area contributed by atoms with Gasteiger partial charge in [-0.15, -0.1) is 0 Å². The third kappa shape index (κ3) is 38.5. The molecule has 10 heteroatoms. The van der Waals surface area contributed by atoms with Gasteiger partial charge in [-0.3, -0.25) is 14.1 Å². The van der Waals surface area contributed by atoms with Crippen LogP contribution in [-0.4, -0.2) is 52.3 Å². The van der Waals surface area contributed by atoms with E-state index in [1.54, 1.807) is 0 Å². The molecule has 0 fully saturated rings. The van der Waals surface area contributed by atoms with Gasteiger partial charge in [-0.25, -0.2) is 4.57 Å². The van der Waals surface area contributed by atoms with Crippen molar-refractivity contribution in [2.75, 3.05) is 13.2 Å². The lowest BCUT2D eigenvalue weighted by Gasteiger charge is -2.18. The smallest absolute Gasteiger partial charge is 0.462 e. The molecule has 292 valence electrons. The number of aliphatic hydroxyl groups excluding tert-OH is 1. The fraction of sp³-hybridized carbons (Fsp3) is 0.659. The first-order valence-electron chi connectivity index (χ1n) is 19.3. The Bertz CT molecular complexity index is 1070. The van der Waals surface area contributed by atoms with Gasteiger partial charge in [0.1, 0.15) is 6.61 Å². The molecule has 9 nitrogen and oxygen atoms in total. The van der Waals surface area contributed by atoms with Crippen LogP contribution < -0.4 is 0 Å². The van der Waals surface area contributed by atoms with Gasteiger partial charge in [0, 0.05) is 12.8 Å². The Hall–Kier alpha value is -2.55. The van der Waals surface area contributed by atoms with E-state index in [-0.39, 0.29) is 25.6 Å². The van der Waals surface area contributed by atoms with E-state index >= 15 is 0 Å². The molecule has 0 saturated heterocycles. The van der Waals surface area contributed by atoms with E-state index in [1.807, 2.05) is 19.1 Å². The number of hydrogen-bond acceptors (Lipinski definition) is 7. The van der Waals surface area contributed by atoms with Crippen LogP contribution >= 0.6 is 7.82 Å². The highest BCUT2D eigenvalue weighted by atomic mass is 31.2. The van der Waals surface area contributed by atoms with Gasteiger partial charge in [-0.05, 0) is 83.5 Å². The zero-order chi connectivity index (χ0) is 37.7. The Balaban J connectivity index is 4.12. The predicted molar refractivity (Wildman–Crippen MR) is 208 cm³/mol. The molecular weight excluding hydrogens is 667 g/mol. The van der Waals surface area contributed by atoms with Crippen LogP contribution in [0.3, 0.4) is 0 Å². The van der Waals surface area contributed by atoms with E-state index < -0.39 is 32.5 Å². The van der Waals surface area contributed by atoms with Gasteiger partial charge in [0.2, 0.25) is 0 Å². The van der Waals surface area contributed by atoms with Crippen LogP contribution in [0.1, 0.15) is 149 Å². The van der Waals surface area contributed by atoms with Crippen molar-refractivity contribution in [1.82, 2.24) is 0 Å². The highest BCUT2D eigenvalue weighted by Crippen LogP contribution is 2.36. The van der Waals surface area contributed by atoms with Crippen molar-refractivity contribution in [2.24, 2.45) is 0 Å². The fourth-order valence-electron chi connectivity index (χ4n) is 4.81. The lowest BCUT2D eigenvalue weighted by Crippen LogP contribution is -2.29. The number of allylic oxidation sites excluding steroid dienone is 12. The molecule has 0 aliphatic heterocycles. The van der Waals surface area contributed by atoms with Crippen molar-refractivity contribution in [1.29, 1.82) is 0 Å². The number of esters is 2. The van der Waals surface area contributed by atoms with E-state index in [4.69, 9.17) is 19.3 Å². The minimum Gasteiger partial charge on any atom is -0.462 e. The Morgan fingerprint density at radius 3 is 1.71 bits per heavy atom. The molecule has 0 aliphatic rings. The summed E-state index contributed by atoms with van der Waals surface area (Å²) in [6.07, 6.45) is 42.8. The van der Waals surface area contributed by atoms with Crippen molar-refractivity contribution < 1.29 is 43.0 Å². The summed E-state index contributed by atoms with van der Waals surface area (Å²) in [5, 5.41) is 9.53. The second kappa shape index (κ2) is 35.8. The zero-order valence-electron chi connectivity index (χ0n) is 31.6.